The van der Waals surface area contributed by atoms with E-state index in [-0.39, 0.29) is 59.9 Å². The number of rotatable bonds is 5. The lowest BCUT2D eigenvalue weighted by Gasteiger charge is -2.60. The summed E-state index contributed by atoms with van der Waals surface area (Å²) in [6.07, 6.45) is 5.15. The summed E-state index contributed by atoms with van der Waals surface area (Å²) in [6.45, 7) is 9.58. The molecule has 3 saturated heterocycles. The molecule has 0 aromatic rings. The molecule has 2 aliphatic carbocycles. The van der Waals surface area contributed by atoms with Crippen LogP contribution in [0.3, 0.4) is 0 Å². The highest BCUT2D eigenvalue weighted by molar-refractivity contribution is 5.67. The molecule has 0 aromatic heterocycles. The third-order valence-electron chi connectivity index (χ3n) is 9.39. The Hall–Kier alpha value is -1.97. The summed E-state index contributed by atoms with van der Waals surface area (Å²) in [5.74, 6) is -0.844. The van der Waals surface area contributed by atoms with E-state index in [4.69, 9.17) is 28.4 Å². The van der Waals surface area contributed by atoms with Crippen LogP contribution in [-0.2, 0) is 42.8 Å². The van der Waals surface area contributed by atoms with Crippen LogP contribution in [0.2, 0.25) is 0 Å². The molecule has 0 aromatic carbocycles. The first-order valence-corrected chi connectivity index (χ1v) is 12.6. The Morgan fingerprint density at radius 1 is 1.06 bits per heavy atom. The highest BCUT2D eigenvalue weighted by Crippen LogP contribution is 2.68. The van der Waals surface area contributed by atoms with Gasteiger partial charge in [-0.3, -0.25) is 14.4 Å². The average molecular weight is 493 g/mol. The zero-order valence-corrected chi connectivity index (χ0v) is 21.1. The third kappa shape index (κ3) is 3.73. The predicted octanol–water partition coefficient (Wildman–Crippen LogP) is 2.55. The minimum atomic E-state index is -0.736. The number of hydrogen-bond donors (Lipinski definition) is 0. The van der Waals surface area contributed by atoms with Crippen molar-refractivity contribution in [2.24, 2.45) is 28.6 Å². The van der Waals surface area contributed by atoms with Crippen LogP contribution in [0.15, 0.2) is 12.2 Å². The summed E-state index contributed by atoms with van der Waals surface area (Å²) < 4.78 is 35.5. The SMILES string of the molecule is CC(=O)OC[C@@]12C=C[C@@H](C)[C@](C)([C@@H]3C[C@H]4C(OC(C)=O)CO[C@H]4O3)[C@H]1CC[C@H](OC(C)=O)[C@]21CO1. The molecular formula is C26H36O9. The summed E-state index contributed by atoms with van der Waals surface area (Å²) >= 11 is 0. The Bertz CT molecular complexity index is 926. The van der Waals surface area contributed by atoms with Gasteiger partial charge in [0.15, 0.2) is 6.29 Å². The van der Waals surface area contributed by atoms with E-state index in [0.717, 1.165) is 6.42 Å². The van der Waals surface area contributed by atoms with Crippen LogP contribution in [0.4, 0.5) is 0 Å². The summed E-state index contributed by atoms with van der Waals surface area (Å²) in [6, 6.07) is 0. The van der Waals surface area contributed by atoms with Gasteiger partial charge in [-0.15, -0.1) is 0 Å². The molecular weight excluding hydrogens is 456 g/mol. The first kappa shape index (κ1) is 24.7. The van der Waals surface area contributed by atoms with Crippen LogP contribution in [-0.4, -0.2) is 67.9 Å². The maximum atomic E-state index is 11.9. The minimum Gasteiger partial charge on any atom is -0.465 e. The first-order chi connectivity index (χ1) is 16.5. The molecule has 10 atom stereocenters. The number of carbonyl (C=O) groups is 3. The second-order valence-corrected chi connectivity index (χ2v) is 11.1. The number of epoxide rings is 1. The highest BCUT2D eigenvalue weighted by atomic mass is 16.7. The fraction of sp³-hybridized carbons (Fsp3) is 0.808. The second-order valence-electron chi connectivity index (χ2n) is 11.1. The van der Waals surface area contributed by atoms with Gasteiger partial charge < -0.3 is 28.4 Å². The Kier molecular flexibility index (Phi) is 6.04. The zero-order valence-electron chi connectivity index (χ0n) is 21.1. The molecule has 35 heavy (non-hydrogen) atoms. The molecule has 3 heterocycles. The zero-order chi connectivity index (χ0) is 25.2. The largest absolute Gasteiger partial charge is 0.465 e. The Morgan fingerprint density at radius 2 is 1.77 bits per heavy atom. The third-order valence-corrected chi connectivity index (χ3v) is 9.39. The van der Waals surface area contributed by atoms with E-state index in [1.54, 1.807) is 0 Å². The highest BCUT2D eigenvalue weighted by Gasteiger charge is 2.75. The van der Waals surface area contributed by atoms with Gasteiger partial charge in [-0.25, -0.2) is 0 Å². The van der Waals surface area contributed by atoms with Crippen LogP contribution in [0.25, 0.3) is 0 Å². The van der Waals surface area contributed by atoms with Gasteiger partial charge in [-0.2, -0.15) is 0 Å². The molecule has 0 bridgehead atoms. The monoisotopic (exact) mass is 492 g/mol. The number of hydrogen-bond acceptors (Lipinski definition) is 9. The van der Waals surface area contributed by atoms with Crippen molar-refractivity contribution in [3.63, 3.8) is 0 Å². The second kappa shape index (κ2) is 8.56. The Labute approximate surface area is 205 Å². The molecule has 1 saturated carbocycles. The van der Waals surface area contributed by atoms with E-state index in [0.29, 0.717) is 26.1 Å². The van der Waals surface area contributed by atoms with Gasteiger partial charge >= 0.3 is 17.9 Å². The van der Waals surface area contributed by atoms with Gasteiger partial charge in [-0.1, -0.05) is 26.0 Å². The number of esters is 3. The van der Waals surface area contributed by atoms with Crippen molar-refractivity contribution < 1.29 is 42.8 Å². The average Bonchev–Trinajstić information content (AvgIpc) is 3.33. The smallest absolute Gasteiger partial charge is 0.303 e. The number of allylic oxidation sites excluding steroid dienone is 1. The molecule has 0 N–H and O–H groups in total. The standard InChI is InChI=1S/C26H36O9/c1-14-8-9-25(12-31-15(2)27)20(6-7-21(34-17(4)29)26(25)13-32-26)24(14,5)22-10-18-19(33-16(3)28)11-30-23(18)35-22/h8-9,14,18-23H,6-7,10-13H2,1-5H3/t14-,18+,19?,20-,21+,22+,23+,24+,25+,26-/m1/s1. The molecule has 1 unspecified atom stereocenters. The fourth-order valence-electron chi connectivity index (χ4n) is 7.48. The van der Waals surface area contributed by atoms with Crippen molar-refractivity contribution in [2.75, 3.05) is 19.8 Å². The van der Waals surface area contributed by atoms with Crippen molar-refractivity contribution in [1.29, 1.82) is 0 Å². The minimum absolute atomic E-state index is 0.0229. The van der Waals surface area contributed by atoms with E-state index in [2.05, 4.69) is 26.0 Å². The lowest BCUT2D eigenvalue weighted by Crippen LogP contribution is -2.65. The van der Waals surface area contributed by atoms with E-state index in [1.807, 2.05) is 0 Å². The van der Waals surface area contributed by atoms with Crippen LogP contribution in [0.5, 0.6) is 0 Å². The van der Waals surface area contributed by atoms with Gasteiger partial charge in [0, 0.05) is 26.2 Å². The van der Waals surface area contributed by atoms with Crippen molar-refractivity contribution >= 4 is 17.9 Å². The van der Waals surface area contributed by atoms with Gasteiger partial charge in [0.1, 0.15) is 24.4 Å². The predicted molar refractivity (Wildman–Crippen MR) is 121 cm³/mol. The van der Waals surface area contributed by atoms with Crippen LogP contribution in [0, 0.1) is 28.6 Å². The molecule has 0 radical (unpaired) electrons. The van der Waals surface area contributed by atoms with Crippen LogP contribution < -0.4 is 0 Å². The lowest BCUT2D eigenvalue weighted by molar-refractivity contribution is -0.208. The molecule has 9 nitrogen and oxygen atoms in total. The topological polar surface area (TPSA) is 110 Å². The van der Waals surface area contributed by atoms with Crippen LogP contribution >= 0.6 is 0 Å². The molecule has 1 spiro atoms. The molecule has 9 heteroatoms. The van der Waals surface area contributed by atoms with Gasteiger partial charge in [-0.05, 0) is 31.1 Å². The first-order valence-electron chi connectivity index (χ1n) is 12.6. The molecule has 3 aliphatic heterocycles. The van der Waals surface area contributed by atoms with Gasteiger partial charge in [0.25, 0.3) is 0 Å². The van der Waals surface area contributed by atoms with Crippen molar-refractivity contribution in [3.05, 3.63) is 12.2 Å². The number of ether oxygens (including phenoxy) is 6. The van der Waals surface area contributed by atoms with E-state index in [1.165, 1.54) is 20.8 Å². The van der Waals surface area contributed by atoms with Gasteiger partial charge in [0.2, 0.25) is 0 Å². The maximum Gasteiger partial charge on any atom is 0.303 e. The fourth-order valence-corrected chi connectivity index (χ4v) is 7.48. The number of fused-ring (bicyclic) bond motifs is 3. The maximum absolute atomic E-state index is 11.9. The van der Waals surface area contributed by atoms with Crippen LogP contribution in [0.1, 0.15) is 53.9 Å². The van der Waals surface area contributed by atoms with Crippen molar-refractivity contribution in [3.8, 4) is 0 Å². The summed E-state index contributed by atoms with van der Waals surface area (Å²) in [5.41, 5.74) is -1.74. The molecule has 4 fully saturated rings. The van der Waals surface area contributed by atoms with E-state index in [9.17, 15) is 14.4 Å². The number of carbonyl (C=O) groups excluding carboxylic acids is 3. The Balaban J connectivity index is 1.49. The van der Waals surface area contributed by atoms with Crippen molar-refractivity contribution in [2.45, 2.75) is 84.1 Å². The molecule has 194 valence electrons. The summed E-state index contributed by atoms with van der Waals surface area (Å²) in [4.78, 5) is 35.5. The Morgan fingerprint density at radius 3 is 2.40 bits per heavy atom. The summed E-state index contributed by atoms with van der Waals surface area (Å²) in [5, 5.41) is 0. The van der Waals surface area contributed by atoms with Crippen molar-refractivity contribution in [1.82, 2.24) is 0 Å². The van der Waals surface area contributed by atoms with E-state index < -0.39 is 23.4 Å². The van der Waals surface area contributed by atoms with E-state index >= 15 is 0 Å². The molecule has 0 amide bonds. The molecule has 5 aliphatic rings. The molecule has 5 rings (SSSR count). The quantitative estimate of drug-likeness (QED) is 0.247. The van der Waals surface area contributed by atoms with Gasteiger partial charge in [0.05, 0.1) is 30.7 Å². The summed E-state index contributed by atoms with van der Waals surface area (Å²) in [7, 11) is 0. The lowest BCUT2D eigenvalue weighted by atomic mass is 9.45. The normalized spacial score (nSPS) is 47.6.